The predicted molar refractivity (Wildman–Crippen MR) is 106 cm³/mol. The maximum absolute atomic E-state index is 12.9. The van der Waals surface area contributed by atoms with Crippen LogP contribution < -0.4 is 5.32 Å². The number of amides is 1. The zero-order chi connectivity index (χ0) is 18.4. The summed E-state index contributed by atoms with van der Waals surface area (Å²) in [6, 6.07) is 9.18. The minimum Gasteiger partial charge on any atom is -0.348 e. The van der Waals surface area contributed by atoms with Crippen LogP contribution in [0.25, 0.3) is 0 Å². The van der Waals surface area contributed by atoms with Crippen molar-refractivity contribution in [1.82, 2.24) is 20.1 Å². The number of aryl methyl sites for hydroxylation is 1. The summed E-state index contributed by atoms with van der Waals surface area (Å²) in [4.78, 5) is 12.9. The van der Waals surface area contributed by atoms with Crippen LogP contribution in [0.2, 0.25) is 0 Å². The van der Waals surface area contributed by atoms with Gasteiger partial charge in [-0.05, 0) is 63.0 Å². The molecule has 2 atom stereocenters. The van der Waals surface area contributed by atoms with Gasteiger partial charge in [0, 0.05) is 12.0 Å². The average Bonchev–Trinajstić information content (AvgIpc) is 3.61. The van der Waals surface area contributed by atoms with Gasteiger partial charge in [0.15, 0.2) is 5.16 Å². The highest BCUT2D eigenvalue weighted by Gasteiger charge is 2.37. The molecule has 1 amide bonds. The summed E-state index contributed by atoms with van der Waals surface area (Å²) in [6.45, 7) is 1.98. The van der Waals surface area contributed by atoms with Crippen LogP contribution in [0.15, 0.2) is 29.4 Å². The molecule has 0 saturated heterocycles. The standard InChI is InChI=1S/C21H26N4OS/c1-13(20(26)22-18-8-4-6-14-5-2-3-7-17(14)18)27-21-24-23-19(15-9-10-15)25(21)16-11-12-16/h2-3,5,7,13,15-16,18H,4,6,8-12H2,1H3,(H,22,26)/t13-,18+/m1/s1. The molecule has 0 radical (unpaired) electrons. The number of benzene rings is 1. The van der Waals surface area contributed by atoms with Gasteiger partial charge in [-0.1, -0.05) is 36.0 Å². The number of aromatic nitrogens is 3. The van der Waals surface area contributed by atoms with Crippen LogP contribution in [0.1, 0.15) is 80.4 Å². The molecule has 3 aliphatic carbocycles. The monoisotopic (exact) mass is 382 g/mol. The summed E-state index contributed by atoms with van der Waals surface area (Å²) in [5.74, 6) is 1.84. The first-order chi connectivity index (χ1) is 13.2. The van der Waals surface area contributed by atoms with Crippen LogP contribution in [0.3, 0.4) is 0 Å². The smallest absolute Gasteiger partial charge is 0.233 e. The highest BCUT2D eigenvalue weighted by molar-refractivity contribution is 8.00. The lowest BCUT2D eigenvalue weighted by atomic mass is 9.88. The first kappa shape index (κ1) is 17.3. The normalized spacial score (nSPS) is 22.9. The molecule has 0 aliphatic heterocycles. The summed E-state index contributed by atoms with van der Waals surface area (Å²) in [7, 11) is 0. The number of fused-ring (bicyclic) bond motifs is 1. The van der Waals surface area contributed by atoms with Crippen LogP contribution in [0.5, 0.6) is 0 Å². The summed E-state index contributed by atoms with van der Waals surface area (Å²) in [5, 5.41) is 12.9. The van der Waals surface area contributed by atoms with E-state index >= 15 is 0 Å². The van der Waals surface area contributed by atoms with Gasteiger partial charge < -0.3 is 9.88 Å². The zero-order valence-corrected chi connectivity index (χ0v) is 16.5. The molecule has 1 heterocycles. The molecule has 2 fully saturated rings. The van der Waals surface area contributed by atoms with Gasteiger partial charge in [0.1, 0.15) is 5.82 Å². The molecule has 27 heavy (non-hydrogen) atoms. The number of nitrogens with zero attached hydrogens (tertiary/aromatic N) is 3. The van der Waals surface area contributed by atoms with Crippen molar-refractivity contribution in [2.45, 2.75) is 80.3 Å². The van der Waals surface area contributed by atoms with E-state index in [2.05, 4.69) is 44.3 Å². The molecular weight excluding hydrogens is 356 g/mol. The van der Waals surface area contributed by atoms with Crippen molar-refractivity contribution in [2.75, 3.05) is 0 Å². The third-order valence-electron chi connectivity index (χ3n) is 5.88. The maximum atomic E-state index is 12.9. The second-order valence-corrected chi connectivity index (χ2v) is 9.44. The Labute approximate surface area is 164 Å². The molecule has 2 saturated carbocycles. The topological polar surface area (TPSA) is 59.8 Å². The van der Waals surface area contributed by atoms with Crippen molar-refractivity contribution < 1.29 is 4.79 Å². The molecule has 2 aromatic rings. The van der Waals surface area contributed by atoms with E-state index in [-0.39, 0.29) is 17.2 Å². The van der Waals surface area contributed by atoms with Crippen molar-refractivity contribution in [3.63, 3.8) is 0 Å². The summed E-state index contributed by atoms with van der Waals surface area (Å²) < 4.78 is 2.32. The van der Waals surface area contributed by atoms with Crippen molar-refractivity contribution in [3.8, 4) is 0 Å². The number of rotatable bonds is 6. The fraction of sp³-hybridized carbons (Fsp3) is 0.571. The Balaban J connectivity index is 1.28. The van der Waals surface area contributed by atoms with Gasteiger partial charge in [0.2, 0.25) is 5.91 Å². The molecular formula is C21H26N4OS. The second kappa shape index (κ2) is 6.97. The lowest BCUT2D eigenvalue weighted by Crippen LogP contribution is -2.36. The van der Waals surface area contributed by atoms with E-state index in [9.17, 15) is 4.79 Å². The molecule has 5 nitrogen and oxygen atoms in total. The van der Waals surface area contributed by atoms with E-state index in [0.29, 0.717) is 12.0 Å². The lowest BCUT2D eigenvalue weighted by Gasteiger charge is -2.27. The third kappa shape index (κ3) is 3.51. The Morgan fingerprint density at radius 2 is 2.00 bits per heavy atom. The Morgan fingerprint density at radius 1 is 1.19 bits per heavy atom. The fourth-order valence-corrected chi connectivity index (χ4v) is 5.00. The molecule has 142 valence electrons. The first-order valence-electron chi connectivity index (χ1n) is 10.2. The molecule has 1 aromatic carbocycles. The van der Waals surface area contributed by atoms with Crippen molar-refractivity contribution in [3.05, 3.63) is 41.2 Å². The van der Waals surface area contributed by atoms with Crippen LogP contribution in [0.4, 0.5) is 0 Å². The highest BCUT2D eigenvalue weighted by Crippen LogP contribution is 2.46. The highest BCUT2D eigenvalue weighted by atomic mass is 32.2. The van der Waals surface area contributed by atoms with E-state index in [1.54, 1.807) is 11.8 Å². The number of thioether (sulfide) groups is 1. The number of hydrogen-bond acceptors (Lipinski definition) is 4. The van der Waals surface area contributed by atoms with Crippen LogP contribution in [-0.4, -0.2) is 25.9 Å². The van der Waals surface area contributed by atoms with Crippen LogP contribution in [-0.2, 0) is 11.2 Å². The molecule has 0 spiro atoms. The summed E-state index contributed by atoms with van der Waals surface area (Å²) in [5.41, 5.74) is 2.66. The third-order valence-corrected chi connectivity index (χ3v) is 6.94. The average molecular weight is 383 g/mol. The number of carbonyl (C=O) groups is 1. The van der Waals surface area contributed by atoms with Gasteiger partial charge in [-0.25, -0.2) is 0 Å². The van der Waals surface area contributed by atoms with E-state index < -0.39 is 0 Å². The minimum absolute atomic E-state index is 0.0972. The summed E-state index contributed by atoms with van der Waals surface area (Å²) >= 11 is 1.56. The van der Waals surface area contributed by atoms with Gasteiger partial charge in [-0.15, -0.1) is 10.2 Å². The molecule has 0 bridgehead atoms. The largest absolute Gasteiger partial charge is 0.348 e. The molecule has 6 heteroatoms. The van der Waals surface area contributed by atoms with Gasteiger partial charge in [-0.3, -0.25) is 4.79 Å². The van der Waals surface area contributed by atoms with E-state index in [1.165, 1.54) is 36.8 Å². The van der Waals surface area contributed by atoms with Crippen molar-refractivity contribution >= 4 is 17.7 Å². The van der Waals surface area contributed by atoms with Gasteiger partial charge in [0.25, 0.3) is 0 Å². The van der Waals surface area contributed by atoms with E-state index in [1.807, 2.05) is 6.92 Å². The molecule has 5 rings (SSSR count). The summed E-state index contributed by atoms with van der Waals surface area (Å²) in [6.07, 6.45) is 8.14. The zero-order valence-electron chi connectivity index (χ0n) is 15.7. The van der Waals surface area contributed by atoms with Crippen LogP contribution in [0, 0.1) is 0 Å². The maximum Gasteiger partial charge on any atom is 0.233 e. The van der Waals surface area contributed by atoms with E-state index in [4.69, 9.17) is 0 Å². The SMILES string of the molecule is C[C@@H](Sc1nnc(C2CC2)n1C1CC1)C(=O)N[C@H]1CCCc2ccccc21. The molecule has 1 N–H and O–H groups in total. The van der Waals surface area contributed by atoms with Gasteiger partial charge >= 0.3 is 0 Å². The van der Waals surface area contributed by atoms with Gasteiger partial charge in [-0.2, -0.15) is 0 Å². The fourth-order valence-electron chi connectivity index (χ4n) is 4.07. The van der Waals surface area contributed by atoms with Crippen molar-refractivity contribution in [2.24, 2.45) is 0 Å². The molecule has 3 aliphatic rings. The predicted octanol–water partition coefficient (Wildman–Crippen LogP) is 4.16. The van der Waals surface area contributed by atoms with E-state index in [0.717, 1.165) is 30.2 Å². The Hall–Kier alpha value is -1.82. The van der Waals surface area contributed by atoms with Gasteiger partial charge in [0.05, 0.1) is 11.3 Å². The minimum atomic E-state index is -0.173. The van der Waals surface area contributed by atoms with Crippen molar-refractivity contribution in [1.29, 1.82) is 0 Å². The quantitative estimate of drug-likeness (QED) is 0.762. The lowest BCUT2D eigenvalue weighted by molar-refractivity contribution is -0.121. The number of nitrogens with one attached hydrogen (secondary N) is 1. The Morgan fingerprint density at radius 3 is 2.78 bits per heavy atom. The Bertz CT molecular complexity index is 856. The number of hydrogen-bond donors (Lipinski definition) is 1. The first-order valence-corrected chi connectivity index (χ1v) is 11.1. The second-order valence-electron chi connectivity index (χ2n) is 8.13. The molecule has 0 unspecified atom stereocenters. The molecule has 1 aromatic heterocycles. The van der Waals surface area contributed by atoms with Crippen LogP contribution >= 0.6 is 11.8 Å². The number of carbonyl (C=O) groups excluding carboxylic acids is 1. The Kier molecular flexibility index (Phi) is 4.46.